The number of carbonyl (C=O) groups excluding carboxylic acids is 1. The number of benzene rings is 1. The molecule has 0 fully saturated rings. The fourth-order valence-corrected chi connectivity index (χ4v) is 2.28. The lowest BCUT2D eigenvalue weighted by molar-refractivity contribution is 0.146. The number of aromatic nitrogens is 1. The number of methoxy groups -OCH3 is 1. The van der Waals surface area contributed by atoms with Gasteiger partial charge in [-0.1, -0.05) is 23.7 Å². The van der Waals surface area contributed by atoms with Crippen LogP contribution in [0.3, 0.4) is 0 Å². The number of anilines is 1. The molecule has 2 rings (SSSR count). The van der Waals surface area contributed by atoms with Crippen molar-refractivity contribution in [3.63, 3.8) is 0 Å². The number of para-hydroxylation sites is 1. The third-order valence-electron chi connectivity index (χ3n) is 3.28. The summed E-state index contributed by atoms with van der Waals surface area (Å²) in [5.74, 6) is 0.417. The number of urea groups is 1. The monoisotopic (exact) mass is 349 g/mol. The summed E-state index contributed by atoms with van der Waals surface area (Å²) in [6.07, 6.45) is 3.40. The SMILES string of the molecule is COCCOc1c(Cl)cccc1NC(=O)N[C@H](C)c1cccnc1. The molecule has 6 nitrogen and oxygen atoms in total. The van der Waals surface area contributed by atoms with Crippen LogP contribution in [0.15, 0.2) is 42.7 Å². The van der Waals surface area contributed by atoms with Gasteiger partial charge in [0.25, 0.3) is 0 Å². The zero-order chi connectivity index (χ0) is 17.4. The minimum atomic E-state index is -0.356. The van der Waals surface area contributed by atoms with Crippen molar-refractivity contribution >= 4 is 23.3 Å². The van der Waals surface area contributed by atoms with E-state index in [-0.39, 0.29) is 12.1 Å². The van der Waals surface area contributed by atoms with E-state index in [0.717, 1.165) is 5.56 Å². The second kappa shape index (κ2) is 9.10. The first-order chi connectivity index (χ1) is 11.6. The third kappa shape index (κ3) is 5.11. The minimum Gasteiger partial charge on any atom is -0.487 e. The molecule has 7 heteroatoms. The van der Waals surface area contributed by atoms with Crippen LogP contribution < -0.4 is 15.4 Å². The zero-order valence-corrected chi connectivity index (χ0v) is 14.3. The summed E-state index contributed by atoms with van der Waals surface area (Å²) in [5.41, 5.74) is 1.41. The molecule has 1 heterocycles. The first kappa shape index (κ1) is 18.0. The maximum atomic E-state index is 12.2. The number of hydrogen-bond donors (Lipinski definition) is 2. The Morgan fingerprint density at radius 3 is 2.83 bits per heavy atom. The molecule has 0 bridgehead atoms. The van der Waals surface area contributed by atoms with Crippen LogP contribution in [0, 0.1) is 0 Å². The Bertz CT molecular complexity index is 667. The summed E-state index contributed by atoms with van der Waals surface area (Å²) in [6, 6.07) is 8.35. The van der Waals surface area contributed by atoms with Crippen LogP contribution in [-0.4, -0.2) is 31.3 Å². The van der Waals surface area contributed by atoms with Crippen LogP contribution in [0.4, 0.5) is 10.5 Å². The maximum Gasteiger partial charge on any atom is 0.319 e. The molecule has 1 aromatic carbocycles. The molecule has 1 atom stereocenters. The van der Waals surface area contributed by atoms with E-state index in [9.17, 15) is 4.79 Å². The molecular weight excluding hydrogens is 330 g/mol. The smallest absolute Gasteiger partial charge is 0.319 e. The highest BCUT2D eigenvalue weighted by Crippen LogP contribution is 2.32. The van der Waals surface area contributed by atoms with E-state index >= 15 is 0 Å². The van der Waals surface area contributed by atoms with Gasteiger partial charge in [-0.25, -0.2) is 4.79 Å². The molecule has 0 aliphatic heterocycles. The van der Waals surface area contributed by atoms with Gasteiger partial charge < -0.3 is 20.1 Å². The number of halogens is 1. The standard InChI is InChI=1S/C17H20ClN3O3/c1-12(13-5-4-8-19-11-13)20-17(22)21-15-7-3-6-14(18)16(15)24-10-9-23-2/h3-8,11-12H,9-10H2,1-2H3,(H2,20,21,22)/t12-/m1/s1. The fraction of sp³-hybridized carbons (Fsp3) is 0.294. The molecule has 2 amide bonds. The molecule has 128 valence electrons. The zero-order valence-electron chi connectivity index (χ0n) is 13.6. The number of pyridine rings is 1. The lowest BCUT2D eigenvalue weighted by Gasteiger charge is -2.17. The summed E-state index contributed by atoms with van der Waals surface area (Å²) < 4.78 is 10.5. The molecule has 0 aliphatic carbocycles. The highest BCUT2D eigenvalue weighted by molar-refractivity contribution is 6.32. The van der Waals surface area contributed by atoms with Crippen molar-refractivity contribution in [3.05, 3.63) is 53.3 Å². The molecular formula is C17H20ClN3O3. The topological polar surface area (TPSA) is 72.5 Å². The van der Waals surface area contributed by atoms with Gasteiger partial charge >= 0.3 is 6.03 Å². The van der Waals surface area contributed by atoms with E-state index in [0.29, 0.717) is 29.7 Å². The molecule has 1 aromatic heterocycles. The van der Waals surface area contributed by atoms with E-state index in [1.807, 2.05) is 19.1 Å². The summed E-state index contributed by atoms with van der Waals surface area (Å²) >= 11 is 6.15. The van der Waals surface area contributed by atoms with Gasteiger partial charge in [-0.15, -0.1) is 0 Å². The highest BCUT2D eigenvalue weighted by Gasteiger charge is 2.14. The van der Waals surface area contributed by atoms with Crippen molar-refractivity contribution in [2.75, 3.05) is 25.6 Å². The predicted molar refractivity (Wildman–Crippen MR) is 93.6 cm³/mol. The Balaban J connectivity index is 2.02. The Morgan fingerprint density at radius 2 is 2.12 bits per heavy atom. The van der Waals surface area contributed by atoms with Crippen LogP contribution in [0.25, 0.3) is 0 Å². The van der Waals surface area contributed by atoms with Crippen molar-refractivity contribution in [3.8, 4) is 5.75 Å². The first-order valence-electron chi connectivity index (χ1n) is 7.49. The molecule has 24 heavy (non-hydrogen) atoms. The largest absolute Gasteiger partial charge is 0.487 e. The number of amides is 2. The Kier molecular flexibility index (Phi) is 6.84. The fourth-order valence-electron chi connectivity index (χ4n) is 2.05. The Hall–Kier alpha value is -2.31. The predicted octanol–water partition coefficient (Wildman–Crippen LogP) is 3.64. The average Bonchev–Trinajstić information content (AvgIpc) is 2.58. The van der Waals surface area contributed by atoms with Crippen LogP contribution >= 0.6 is 11.6 Å². The van der Waals surface area contributed by atoms with Gasteiger partial charge in [-0.2, -0.15) is 0 Å². The third-order valence-corrected chi connectivity index (χ3v) is 3.58. The quantitative estimate of drug-likeness (QED) is 0.748. The average molecular weight is 350 g/mol. The van der Waals surface area contributed by atoms with Crippen molar-refractivity contribution in [2.45, 2.75) is 13.0 Å². The molecule has 0 spiro atoms. The number of ether oxygens (including phenoxy) is 2. The van der Waals surface area contributed by atoms with Gasteiger partial charge in [0.2, 0.25) is 0 Å². The van der Waals surface area contributed by atoms with Crippen LogP contribution in [-0.2, 0) is 4.74 Å². The van der Waals surface area contributed by atoms with Gasteiger partial charge in [0.05, 0.1) is 23.4 Å². The summed E-state index contributed by atoms with van der Waals surface area (Å²) in [6.45, 7) is 2.64. The molecule has 0 saturated heterocycles. The number of nitrogens with one attached hydrogen (secondary N) is 2. The Labute approximate surface area is 146 Å². The van der Waals surface area contributed by atoms with Gasteiger partial charge in [-0.3, -0.25) is 4.98 Å². The molecule has 0 saturated carbocycles. The summed E-state index contributed by atoms with van der Waals surface area (Å²) in [4.78, 5) is 16.3. The van der Waals surface area contributed by atoms with E-state index in [2.05, 4.69) is 15.6 Å². The van der Waals surface area contributed by atoms with Crippen molar-refractivity contribution < 1.29 is 14.3 Å². The van der Waals surface area contributed by atoms with E-state index < -0.39 is 0 Å². The lowest BCUT2D eigenvalue weighted by atomic mass is 10.1. The van der Waals surface area contributed by atoms with Gasteiger partial charge in [0.15, 0.2) is 5.75 Å². The molecule has 0 unspecified atom stereocenters. The van der Waals surface area contributed by atoms with Crippen LogP contribution in [0.5, 0.6) is 5.75 Å². The van der Waals surface area contributed by atoms with Crippen molar-refractivity contribution in [1.29, 1.82) is 0 Å². The number of nitrogens with zero attached hydrogens (tertiary/aromatic N) is 1. The highest BCUT2D eigenvalue weighted by atomic mass is 35.5. The summed E-state index contributed by atoms with van der Waals surface area (Å²) in [5, 5.41) is 6.02. The normalized spacial score (nSPS) is 11.6. The second-order valence-electron chi connectivity index (χ2n) is 5.06. The van der Waals surface area contributed by atoms with E-state index in [1.165, 1.54) is 0 Å². The van der Waals surface area contributed by atoms with Gasteiger partial charge in [0.1, 0.15) is 6.61 Å². The van der Waals surface area contributed by atoms with Crippen molar-refractivity contribution in [1.82, 2.24) is 10.3 Å². The molecule has 0 radical (unpaired) electrons. The summed E-state index contributed by atoms with van der Waals surface area (Å²) in [7, 11) is 1.59. The number of hydrogen-bond acceptors (Lipinski definition) is 4. The number of carbonyl (C=O) groups is 1. The van der Waals surface area contributed by atoms with Gasteiger partial charge in [0, 0.05) is 19.5 Å². The second-order valence-corrected chi connectivity index (χ2v) is 5.47. The maximum absolute atomic E-state index is 12.2. The number of rotatable bonds is 7. The molecule has 2 N–H and O–H groups in total. The Morgan fingerprint density at radius 1 is 1.29 bits per heavy atom. The van der Waals surface area contributed by atoms with Crippen LogP contribution in [0.1, 0.15) is 18.5 Å². The van der Waals surface area contributed by atoms with E-state index in [4.69, 9.17) is 21.1 Å². The van der Waals surface area contributed by atoms with Crippen molar-refractivity contribution in [2.24, 2.45) is 0 Å². The minimum absolute atomic E-state index is 0.184. The molecule has 2 aromatic rings. The van der Waals surface area contributed by atoms with Crippen LogP contribution in [0.2, 0.25) is 5.02 Å². The lowest BCUT2D eigenvalue weighted by Crippen LogP contribution is -2.31. The van der Waals surface area contributed by atoms with E-state index in [1.54, 1.807) is 37.7 Å². The first-order valence-corrected chi connectivity index (χ1v) is 7.87. The van der Waals surface area contributed by atoms with Gasteiger partial charge in [-0.05, 0) is 30.7 Å². The molecule has 0 aliphatic rings.